The maximum Gasteiger partial charge on any atom is 0.294 e. The topological polar surface area (TPSA) is 150 Å². The Kier molecular flexibility index (Phi) is 11.0. The lowest BCUT2D eigenvalue weighted by atomic mass is 10.1. The molecular formula is C28H32N6O4S. The Morgan fingerprint density at radius 2 is 1.77 bits per heavy atom. The number of rotatable bonds is 14. The first-order valence-corrected chi connectivity index (χ1v) is 13.6. The maximum absolute atomic E-state index is 13.4. The van der Waals surface area contributed by atoms with Crippen LogP contribution in [0.3, 0.4) is 0 Å². The highest BCUT2D eigenvalue weighted by Crippen LogP contribution is 2.20. The fourth-order valence-corrected chi connectivity index (χ4v) is 4.59. The van der Waals surface area contributed by atoms with E-state index in [0.717, 1.165) is 11.1 Å². The van der Waals surface area contributed by atoms with Gasteiger partial charge < -0.3 is 21.3 Å². The number of oxime groups is 1. The number of anilines is 1. The van der Waals surface area contributed by atoms with Gasteiger partial charge >= 0.3 is 0 Å². The van der Waals surface area contributed by atoms with Gasteiger partial charge in [0.25, 0.3) is 5.56 Å². The van der Waals surface area contributed by atoms with Crippen molar-refractivity contribution in [3.05, 3.63) is 82.8 Å². The number of carbonyl (C=O) groups excluding carboxylic acids is 2. The van der Waals surface area contributed by atoms with Crippen LogP contribution < -0.4 is 16.2 Å². The standard InChI is InChI=1S/C28H32N6O4S/c1-3-25(27(36)31-14-22(35)18-39-17-20-10-6-4-7-11-20)34-16-24(21-12-8-5-9-13-21)32-26(28(34)37)30-15-23(33-38)19(2)29/h4-13,16,25,29,38H,3,14-15,17-18H2,1-2H3,(H,30,32)(H,31,36)/b29-19?,33-23-. The predicted molar refractivity (Wildman–Crippen MR) is 155 cm³/mol. The first kappa shape index (κ1) is 29.3. The number of amides is 1. The molecule has 4 N–H and O–H groups in total. The average molecular weight is 549 g/mol. The summed E-state index contributed by atoms with van der Waals surface area (Å²) in [5, 5.41) is 25.5. The maximum atomic E-state index is 13.4. The second-order valence-corrected chi connectivity index (χ2v) is 9.72. The zero-order valence-electron chi connectivity index (χ0n) is 21.9. The van der Waals surface area contributed by atoms with Crippen LogP contribution >= 0.6 is 11.8 Å². The van der Waals surface area contributed by atoms with Crippen LogP contribution in [0, 0.1) is 5.41 Å². The minimum atomic E-state index is -0.885. The molecule has 11 heteroatoms. The molecule has 0 saturated carbocycles. The molecule has 0 spiro atoms. The molecule has 3 rings (SSSR count). The van der Waals surface area contributed by atoms with Crippen LogP contribution in [0.15, 0.2) is 76.8 Å². The van der Waals surface area contributed by atoms with Crippen LogP contribution in [0.5, 0.6) is 0 Å². The fraction of sp³-hybridized carbons (Fsp3) is 0.286. The van der Waals surface area contributed by atoms with Crippen LogP contribution in [0.2, 0.25) is 0 Å². The third-order valence-electron chi connectivity index (χ3n) is 5.84. The minimum Gasteiger partial charge on any atom is -0.411 e. The molecule has 10 nitrogen and oxygen atoms in total. The lowest BCUT2D eigenvalue weighted by molar-refractivity contribution is -0.127. The number of Topliss-reactive ketones (excluding diaryl/α,β-unsaturated/α-hetero) is 1. The van der Waals surface area contributed by atoms with E-state index in [1.54, 1.807) is 6.92 Å². The van der Waals surface area contributed by atoms with E-state index < -0.39 is 17.5 Å². The minimum absolute atomic E-state index is 0.0296. The zero-order valence-corrected chi connectivity index (χ0v) is 22.7. The third kappa shape index (κ3) is 8.37. The van der Waals surface area contributed by atoms with E-state index in [1.807, 2.05) is 60.7 Å². The zero-order chi connectivity index (χ0) is 28.2. The van der Waals surface area contributed by atoms with E-state index >= 15 is 0 Å². The molecule has 204 valence electrons. The van der Waals surface area contributed by atoms with Crippen LogP contribution in [0.4, 0.5) is 5.82 Å². The Balaban J connectivity index is 1.77. The van der Waals surface area contributed by atoms with Crippen molar-refractivity contribution < 1.29 is 14.8 Å². The smallest absolute Gasteiger partial charge is 0.294 e. The Hall–Kier alpha value is -4.25. The van der Waals surface area contributed by atoms with E-state index in [1.165, 1.54) is 29.4 Å². The molecule has 0 saturated heterocycles. The quantitative estimate of drug-likeness (QED) is 0.136. The van der Waals surface area contributed by atoms with Gasteiger partial charge in [0.1, 0.15) is 11.8 Å². The van der Waals surface area contributed by atoms with Crippen LogP contribution in [0.25, 0.3) is 11.3 Å². The number of hydrogen-bond donors (Lipinski definition) is 4. The highest BCUT2D eigenvalue weighted by molar-refractivity contribution is 7.99. The summed E-state index contributed by atoms with van der Waals surface area (Å²) >= 11 is 1.48. The number of hydrogen-bond acceptors (Lipinski definition) is 9. The molecule has 39 heavy (non-hydrogen) atoms. The van der Waals surface area contributed by atoms with Crippen molar-refractivity contribution in [3.8, 4) is 11.3 Å². The first-order valence-electron chi connectivity index (χ1n) is 12.4. The predicted octanol–water partition coefficient (Wildman–Crippen LogP) is 3.76. The normalized spacial score (nSPS) is 12.0. The molecule has 1 atom stereocenters. The van der Waals surface area contributed by atoms with Crippen molar-refractivity contribution in [2.75, 3.05) is 24.2 Å². The van der Waals surface area contributed by atoms with Crippen molar-refractivity contribution in [2.45, 2.75) is 32.1 Å². The van der Waals surface area contributed by atoms with Gasteiger partial charge in [-0.1, -0.05) is 72.7 Å². The number of benzene rings is 2. The van der Waals surface area contributed by atoms with Crippen molar-refractivity contribution in [3.63, 3.8) is 0 Å². The van der Waals surface area contributed by atoms with Gasteiger partial charge in [0.15, 0.2) is 11.6 Å². The monoisotopic (exact) mass is 548 g/mol. The summed E-state index contributed by atoms with van der Waals surface area (Å²) in [7, 11) is 0. The molecule has 0 radical (unpaired) electrons. The number of ketones is 1. The number of carbonyl (C=O) groups is 2. The van der Waals surface area contributed by atoms with Crippen molar-refractivity contribution in [2.24, 2.45) is 5.16 Å². The van der Waals surface area contributed by atoms with Gasteiger partial charge in [0, 0.05) is 17.5 Å². The van der Waals surface area contributed by atoms with E-state index in [9.17, 15) is 14.4 Å². The molecule has 1 amide bonds. The van der Waals surface area contributed by atoms with E-state index in [0.29, 0.717) is 17.9 Å². The Morgan fingerprint density at radius 1 is 1.10 bits per heavy atom. The summed E-state index contributed by atoms with van der Waals surface area (Å²) in [6.45, 7) is 2.99. The second kappa shape index (κ2) is 14.6. The van der Waals surface area contributed by atoms with E-state index in [2.05, 4.69) is 20.8 Å². The molecule has 0 bridgehead atoms. The van der Waals surface area contributed by atoms with Crippen molar-refractivity contribution >= 4 is 40.7 Å². The summed E-state index contributed by atoms with van der Waals surface area (Å²) < 4.78 is 1.30. The molecule has 1 aromatic heterocycles. The Bertz CT molecular complexity index is 1380. The van der Waals surface area contributed by atoms with Crippen LogP contribution in [-0.4, -0.2) is 56.7 Å². The molecule has 1 unspecified atom stereocenters. The van der Waals surface area contributed by atoms with Gasteiger partial charge in [0.05, 0.1) is 30.2 Å². The van der Waals surface area contributed by atoms with Crippen LogP contribution in [-0.2, 0) is 15.3 Å². The van der Waals surface area contributed by atoms with Gasteiger partial charge in [-0.2, -0.15) is 0 Å². The Labute approximate surface area is 231 Å². The molecule has 0 aliphatic heterocycles. The fourth-order valence-electron chi connectivity index (χ4n) is 3.73. The highest BCUT2D eigenvalue weighted by Gasteiger charge is 2.23. The van der Waals surface area contributed by atoms with E-state index in [-0.39, 0.29) is 41.9 Å². The average Bonchev–Trinajstić information content (AvgIpc) is 2.95. The van der Waals surface area contributed by atoms with Crippen molar-refractivity contribution in [1.82, 2.24) is 14.9 Å². The number of aromatic nitrogens is 2. The lowest BCUT2D eigenvalue weighted by Crippen LogP contribution is -2.40. The molecule has 0 aliphatic carbocycles. The summed E-state index contributed by atoms with van der Waals surface area (Å²) in [5.74, 6) is 0.326. The SMILES string of the molecule is CCC(C(=O)NCC(=O)CSCc1ccccc1)n1cc(-c2ccccc2)nc(NC/C(=N/O)C(C)=N)c1=O. The molecule has 1 heterocycles. The number of nitrogens with one attached hydrogen (secondary N) is 3. The molecule has 2 aromatic carbocycles. The molecular weight excluding hydrogens is 516 g/mol. The number of nitrogens with zero attached hydrogens (tertiary/aromatic N) is 3. The van der Waals surface area contributed by atoms with Crippen molar-refractivity contribution in [1.29, 1.82) is 5.41 Å². The van der Waals surface area contributed by atoms with Gasteiger partial charge in [-0.3, -0.25) is 19.0 Å². The van der Waals surface area contributed by atoms with Crippen LogP contribution in [0.1, 0.15) is 31.9 Å². The van der Waals surface area contributed by atoms with Gasteiger partial charge in [0.2, 0.25) is 5.91 Å². The largest absolute Gasteiger partial charge is 0.411 e. The van der Waals surface area contributed by atoms with E-state index in [4.69, 9.17) is 10.6 Å². The molecule has 0 fully saturated rings. The second-order valence-electron chi connectivity index (χ2n) is 8.74. The Morgan fingerprint density at radius 3 is 2.38 bits per heavy atom. The molecule has 3 aromatic rings. The summed E-state index contributed by atoms with van der Waals surface area (Å²) in [4.78, 5) is 43.4. The summed E-state index contributed by atoms with van der Waals surface area (Å²) in [6.07, 6.45) is 1.82. The first-order chi connectivity index (χ1) is 18.8. The molecule has 0 aliphatic rings. The van der Waals surface area contributed by atoms with Gasteiger partial charge in [-0.05, 0) is 18.9 Å². The lowest BCUT2D eigenvalue weighted by Gasteiger charge is -2.20. The highest BCUT2D eigenvalue weighted by atomic mass is 32.2. The summed E-state index contributed by atoms with van der Waals surface area (Å²) in [5.41, 5.74) is 1.82. The summed E-state index contributed by atoms with van der Waals surface area (Å²) in [6, 6.07) is 18.1. The van der Waals surface area contributed by atoms with Gasteiger partial charge in [-0.15, -0.1) is 11.8 Å². The number of thioether (sulfide) groups is 1. The van der Waals surface area contributed by atoms with Gasteiger partial charge in [-0.25, -0.2) is 4.98 Å². The third-order valence-corrected chi connectivity index (χ3v) is 6.90.